The summed E-state index contributed by atoms with van der Waals surface area (Å²) in [5, 5.41) is 14.9. The lowest BCUT2D eigenvalue weighted by Crippen LogP contribution is -2.41. The second-order valence-electron chi connectivity index (χ2n) is 3.85. The smallest absolute Gasteiger partial charge is 0.357 e. The largest absolute Gasteiger partial charge is 0.476 e. The van der Waals surface area contributed by atoms with Gasteiger partial charge in [-0.15, -0.1) is 0 Å². The Labute approximate surface area is 104 Å². The summed E-state index contributed by atoms with van der Waals surface area (Å²) in [6.45, 7) is 2.52. The zero-order valence-electron chi connectivity index (χ0n) is 9.71. The highest BCUT2D eigenvalue weighted by molar-refractivity contribution is 7.89. The van der Waals surface area contributed by atoms with E-state index in [0.717, 1.165) is 0 Å². The van der Waals surface area contributed by atoms with E-state index in [9.17, 15) is 13.2 Å². The van der Waals surface area contributed by atoms with E-state index in [1.54, 1.807) is 0 Å². The first kappa shape index (κ1) is 13.0. The molecular formula is C9H13N3O5S. The van der Waals surface area contributed by atoms with Crippen molar-refractivity contribution in [1.29, 1.82) is 0 Å². The molecule has 1 aromatic heterocycles. The van der Waals surface area contributed by atoms with Crippen LogP contribution in [-0.4, -0.2) is 60.3 Å². The van der Waals surface area contributed by atoms with Gasteiger partial charge in [0.05, 0.1) is 18.9 Å². The summed E-state index contributed by atoms with van der Waals surface area (Å²) >= 11 is 0. The van der Waals surface area contributed by atoms with Crippen LogP contribution >= 0.6 is 0 Å². The SMILES string of the molecule is Cc1[nH]nc(C(=O)O)c1S(=O)(=O)N1CCOCC1. The Hall–Kier alpha value is -1.45. The third kappa shape index (κ3) is 2.11. The van der Waals surface area contributed by atoms with Gasteiger partial charge < -0.3 is 9.84 Å². The molecule has 0 amide bonds. The molecule has 9 heteroatoms. The topological polar surface area (TPSA) is 113 Å². The number of aromatic amines is 1. The van der Waals surface area contributed by atoms with Gasteiger partial charge in [0, 0.05) is 13.1 Å². The highest BCUT2D eigenvalue weighted by atomic mass is 32.2. The number of sulfonamides is 1. The van der Waals surface area contributed by atoms with Crippen LogP contribution in [0.15, 0.2) is 4.90 Å². The molecule has 8 nitrogen and oxygen atoms in total. The third-order valence-electron chi connectivity index (χ3n) is 2.66. The number of H-pyrrole nitrogens is 1. The van der Waals surface area contributed by atoms with E-state index in [-0.39, 0.29) is 23.7 Å². The van der Waals surface area contributed by atoms with Gasteiger partial charge >= 0.3 is 5.97 Å². The first-order valence-corrected chi connectivity index (χ1v) is 6.74. The number of ether oxygens (including phenoxy) is 1. The molecule has 1 aromatic rings. The molecule has 2 heterocycles. The number of nitrogens with zero attached hydrogens (tertiary/aromatic N) is 2. The van der Waals surface area contributed by atoms with Crippen LogP contribution in [0.4, 0.5) is 0 Å². The number of aryl methyl sites for hydroxylation is 1. The molecule has 0 saturated carbocycles. The highest BCUT2D eigenvalue weighted by Gasteiger charge is 2.34. The Morgan fingerprint density at radius 2 is 2.06 bits per heavy atom. The maximum atomic E-state index is 12.3. The van der Waals surface area contributed by atoms with Gasteiger partial charge in [-0.05, 0) is 6.92 Å². The van der Waals surface area contributed by atoms with E-state index in [0.29, 0.717) is 13.2 Å². The van der Waals surface area contributed by atoms with Crippen molar-refractivity contribution in [2.75, 3.05) is 26.3 Å². The standard InChI is InChI=1S/C9H13N3O5S/c1-6-8(7(9(13)14)11-10-6)18(15,16)12-2-4-17-5-3-12/h2-5H2,1H3,(H,10,11)(H,13,14). The summed E-state index contributed by atoms with van der Waals surface area (Å²) in [4.78, 5) is 10.7. The number of morpholine rings is 1. The first-order chi connectivity index (χ1) is 8.44. The third-order valence-corrected chi connectivity index (χ3v) is 4.72. The van der Waals surface area contributed by atoms with E-state index in [2.05, 4.69) is 10.2 Å². The summed E-state index contributed by atoms with van der Waals surface area (Å²) in [6, 6.07) is 0. The van der Waals surface area contributed by atoms with Crippen LogP contribution in [0.25, 0.3) is 0 Å². The monoisotopic (exact) mass is 275 g/mol. The molecule has 0 bridgehead atoms. The van der Waals surface area contributed by atoms with Gasteiger partial charge in [-0.25, -0.2) is 13.2 Å². The van der Waals surface area contributed by atoms with Crippen LogP contribution in [-0.2, 0) is 14.8 Å². The summed E-state index contributed by atoms with van der Waals surface area (Å²) < 4.78 is 31.0. The van der Waals surface area contributed by atoms with Crippen molar-refractivity contribution < 1.29 is 23.1 Å². The van der Waals surface area contributed by atoms with Crippen molar-refractivity contribution in [1.82, 2.24) is 14.5 Å². The summed E-state index contributed by atoms with van der Waals surface area (Å²) in [5.41, 5.74) is -0.252. The van der Waals surface area contributed by atoms with Crippen LogP contribution in [0, 0.1) is 6.92 Å². The number of aromatic nitrogens is 2. The number of nitrogens with one attached hydrogen (secondary N) is 1. The Kier molecular flexibility index (Phi) is 3.37. The number of hydrogen-bond acceptors (Lipinski definition) is 5. The maximum Gasteiger partial charge on any atom is 0.357 e. The predicted octanol–water partition coefficient (Wildman–Crippen LogP) is -0.563. The van der Waals surface area contributed by atoms with E-state index in [1.165, 1.54) is 11.2 Å². The van der Waals surface area contributed by atoms with Crippen LogP contribution in [0.3, 0.4) is 0 Å². The molecule has 1 fully saturated rings. The van der Waals surface area contributed by atoms with Crippen molar-refractivity contribution in [3.05, 3.63) is 11.4 Å². The van der Waals surface area contributed by atoms with E-state index < -0.39 is 21.7 Å². The average molecular weight is 275 g/mol. The molecule has 0 atom stereocenters. The van der Waals surface area contributed by atoms with Crippen LogP contribution in [0.5, 0.6) is 0 Å². The zero-order valence-corrected chi connectivity index (χ0v) is 10.5. The first-order valence-electron chi connectivity index (χ1n) is 5.30. The lowest BCUT2D eigenvalue weighted by atomic mass is 10.4. The highest BCUT2D eigenvalue weighted by Crippen LogP contribution is 2.22. The molecule has 0 aliphatic carbocycles. The number of hydrogen-bond donors (Lipinski definition) is 2. The van der Waals surface area contributed by atoms with Crippen LogP contribution in [0.2, 0.25) is 0 Å². The molecule has 1 aliphatic rings. The minimum absolute atomic E-state index is 0.214. The van der Waals surface area contributed by atoms with E-state index in [1.807, 2.05) is 0 Å². The van der Waals surface area contributed by atoms with Crippen molar-refractivity contribution in [2.45, 2.75) is 11.8 Å². The molecular weight excluding hydrogens is 262 g/mol. The molecule has 0 aromatic carbocycles. The molecule has 18 heavy (non-hydrogen) atoms. The van der Waals surface area contributed by atoms with E-state index in [4.69, 9.17) is 9.84 Å². The Bertz CT molecular complexity index is 559. The normalized spacial score (nSPS) is 17.8. The number of rotatable bonds is 3. The van der Waals surface area contributed by atoms with Gasteiger partial charge in [0.25, 0.3) is 0 Å². The summed E-state index contributed by atoms with van der Waals surface area (Å²) in [7, 11) is -3.85. The summed E-state index contributed by atoms with van der Waals surface area (Å²) in [6.07, 6.45) is 0. The van der Waals surface area contributed by atoms with Crippen molar-refractivity contribution in [3.8, 4) is 0 Å². The van der Waals surface area contributed by atoms with Gasteiger partial charge in [0.15, 0.2) is 5.69 Å². The van der Waals surface area contributed by atoms with Crippen LogP contribution in [0.1, 0.15) is 16.2 Å². The molecule has 100 valence electrons. The maximum absolute atomic E-state index is 12.3. The van der Waals surface area contributed by atoms with Gasteiger partial charge in [0.2, 0.25) is 10.0 Å². The van der Waals surface area contributed by atoms with Gasteiger partial charge in [-0.1, -0.05) is 0 Å². The molecule has 0 unspecified atom stereocenters. The zero-order chi connectivity index (χ0) is 13.3. The minimum atomic E-state index is -3.85. The van der Waals surface area contributed by atoms with Crippen LogP contribution < -0.4 is 0 Å². The Balaban J connectivity index is 2.46. The second kappa shape index (κ2) is 4.67. The number of carbonyl (C=O) groups is 1. The average Bonchev–Trinajstić information content (AvgIpc) is 2.73. The molecule has 1 saturated heterocycles. The second-order valence-corrected chi connectivity index (χ2v) is 5.72. The fourth-order valence-corrected chi connectivity index (χ4v) is 3.49. The fourth-order valence-electron chi connectivity index (χ4n) is 1.80. The molecule has 2 N–H and O–H groups in total. The van der Waals surface area contributed by atoms with Gasteiger partial charge in [-0.3, -0.25) is 5.10 Å². The quantitative estimate of drug-likeness (QED) is 0.764. The number of aromatic carboxylic acids is 1. The van der Waals surface area contributed by atoms with Crippen molar-refractivity contribution >= 4 is 16.0 Å². The van der Waals surface area contributed by atoms with Crippen molar-refractivity contribution in [3.63, 3.8) is 0 Å². The number of carboxylic acid groups (broad SMARTS) is 1. The van der Waals surface area contributed by atoms with Gasteiger partial charge in [-0.2, -0.15) is 9.40 Å². The fraction of sp³-hybridized carbons (Fsp3) is 0.556. The molecule has 0 spiro atoms. The Morgan fingerprint density at radius 1 is 1.44 bits per heavy atom. The van der Waals surface area contributed by atoms with Gasteiger partial charge in [0.1, 0.15) is 4.90 Å². The Morgan fingerprint density at radius 3 is 2.61 bits per heavy atom. The predicted molar refractivity (Wildman–Crippen MR) is 59.9 cm³/mol. The number of carboxylic acids is 1. The molecule has 2 rings (SSSR count). The molecule has 1 aliphatic heterocycles. The lowest BCUT2D eigenvalue weighted by molar-refractivity contribution is 0.0682. The van der Waals surface area contributed by atoms with E-state index >= 15 is 0 Å². The molecule has 0 radical (unpaired) electrons. The summed E-state index contributed by atoms with van der Waals surface area (Å²) in [5.74, 6) is -1.37. The van der Waals surface area contributed by atoms with Crippen molar-refractivity contribution in [2.24, 2.45) is 0 Å². The minimum Gasteiger partial charge on any atom is -0.476 e. The lowest BCUT2D eigenvalue weighted by Gasteiger charge is -2.25.